The molecule has 1 aliphatic rings. The molecule has 0 saturated carbocycles. The Morgan fingerprint density at radius 3 is 2.88 bits per heavy atom. The summed E-state index contributed by atoms with van der Waals surface area (Å²) < 4.78 is 5.23. The second-order valence-electron chi connectivity index (χ2n) is 3.99. The van der Waals surface area contributed by atoms with Crippen molar-refractivity contribution in [2.24, 2.45) is 0 Å². The van der Waals surface area contributed by atoms with E-state index in [0.29, 0.717) is 19.7 Å². The minimum Gasteiger partial charge on any atom is -0.445 e. The summed E-state index contributed by atoms with van der Waals surface area (Å²) in [6.45, 7) is 6.04. The van der Waals surface area contributed by atoms with Crippen LogP contribution in [0.4, 0.5) is 4.79 Å². The summed E-state index contributed by atoms with van der Waals surface area (Å²) in [5.74, 6) is 0. The van der Waals surface area contributed by atoms with Crippen molar-refractivity contribution >= 4 is 6.09 Å². The summed E-state index contributed by atoms with van der Waals surface area (Å²) in [6.07, 6.45) is -0.281. The van der Waals surface area contributed by atoms with Crippen molar-refractivity contribution in [1.82, 2.24) is 10.2 Å². The summed E-state index contributed by atoms with van der Waals surface area (Å²) in [6, 6.07) is 9.66. The van der Waals surface area contributed by atoms with Crippen LogP contribution in [0.2, 0.25) is 0 Å². The van der Waals surface area contributed by atoms with Crippen LogP contribution in [0.5, 0.6) is 0 Å². The van der Waals surface area contributed by atoms with Crippen molar-refractivity contribution in [1.29, 1.82) is 0 Å². The molecule has 0 atom stereocenters. The van der Waals surface area contributed by atoms with Gasteiger partial charge in [0, 0.05) is 18.8 Å². The first kappa shape index (κ1) is 11.5. The highest BCUT2D eigenvalue weighted by molar-refractivity contribution is 5.68. The minimum atomic E-state index is -0.281. The molecular weight excluding hydrogens is 216 g/mol. The molecule has 4 heteroatoms. The number of benzene rings is 1. The quantitative estimate of drug-likeness (QED) is 0.844. The average molecular weight is 232 g/mol. The van der Waals surface area contributed by atoms with E-state index < -0.39 is 0 Å². The maximum absolute atomic E-state index is 11.8. The zero-order chi connectivity index (χ0) is 12.1. The summed E-state index contributed by atoms with van der Waals surface area (Å²) in [5, 5.41) is 3.10. The van der Waals surface area contributed by atoms with Gasteiger partial charge in [-0.25, -0.2) is 4.79 Å². The van der Waals surface area contributed by atoms with Gasteiger partial charge in [-0.2, -0.15) is 0 Å². The van der Waals surface area contributed by atoms with Crippen LogP contribution in [0.1, 0.15) is 5.56 Å². The molecule has 90 valence electrons. The van der Waals surface area contributed by atoms with Gasteiger partial charge in [0.1, 0.15) is 6.61 Å². The first-order chi connectivity index (χ1) is 8.25. The zero-order valence-corrected chi connectivity index (χ0v) is 9.69. The van der Waals surface area contributed by atoms with Crippen LogP contribution in [0, 0.1) is 0 Å². The van der Waals surface area contributed by atoms with E-state index >= 15 is 0 Å². The summed E-state index contributed by atoms with van der Waals surface area (Å²) in [4.78, 5) is 13.4. The van der Waals surface area contributed by atoms with Crippen molar-refractivity contribution < 1.29 is 9.53 Å². The van der Waals surface area contributed by atoms with E-state index in [2.05, 4.69) is 11.9 Å². The molecule has 1 fully saturated rings. The van der Waals surface area contributed by atoms with Gasteiger partial charge in [0.2, 0.25) is 0 Å². The van der Waals surface area contributed by atoms with Gasteiger partial charge in [0.15, 0.2) is 0 Å². The standard InChI is InChI=1S/C13H16N2O2/c1-11-9-15(8-7-14-11)13(16)17-10-12-5-3-2-4-6-12/h2-6,14H,1,7-10H2. The normalized spacial score (nSPS) is 15.3. The maximum atomic E-state index is 11.8. The number of piperazine rings is 1. The number of carbonyl (C=O) groups excluding carboxylic acids is 1. The Labute approximate surface area is 101 Å². The largest absolute Gasteiger partial charge is 0.445 e. The third kappa shape index (κ3) is 3.24. The number of rotatable bonds is 2. The zero-order valence-electron chi connectivity index (χ0n) is 9.69. The Morgan fingerprint density at radius 1 is 1.41 bits per heavy atom. The summed E-state index contributed by atoms with van der Waals surface area (Å²) in [5.41, 5.74) is 1.85. The number of nitrogens with zero attached hydrogens (tertiary/aromatic N) is 1. The molecule has 1 aliphatic heterocycles. The van der Waals surface area contributed by atoms with Crippen molar-refractivity contribution in [2.75, 3.05) is 19.6 Å². The summed E-state index contributed by atoms with van der Waals surface area (Å²) in [7, 11) is 0. The lowest BCUT2D eigenvalue weighted by Crippen LogP contribution is -2.44. The van der Waals surface area contributed by atoms with Crippen LogP contribution in [0.15, 0.2) is 42.6 Å². The maximum Gasteiger partial charge on any atom is 0.410 e. The van der Waals surface area contributed by atoms with Crippen LogP contribution in [0.3, 0.4) is 0 Å². The molecular formula is C13H16N2O2. The lowest BCUT2D eigenvalue weighted by atomic mass is 10.2. The van der Waals surface area contributed by atoms with Crippen molar-refractivity contribution in [3.8, 4) is 0 Å². The Kier molecular flexibility index (Phi) is 3.65. The number of amides is 1. The first-order valence-corrected chi connectivity index (χ1v) is 5.63. The number of carbonyl (C=O) groups is 1. The van der Waals surface area contributed by atoms with Crippen LogP contribution in [-0.2, 0) is 11.3 Å². The molecule has 0 spiro atoms. The molecule has 2 rings (SSSR count). The minimum absolute atomic E-state index is 0.281. The van der Waals surface area contributed by atoms with E-state index in [1.165, 1.54) is 0 Å². The highest BCUT2D eigenvalue weighted by atomic mass is 16.6. The van der Waals surface area contributed by atoms with Crippen molar-refractivity contribution in [3.63, 3.8) is 0 Å². The average Bonchev–Trinajstić information content (AvgIpc) is 2.37. The van der Waals surface area contributed by atoms with Crippen LogP contribution < -0.4 is 5.32 Å². The monoisotopic (exact) mass is 232 g/mol. The first-order valence-electron chi connectivity index (χ1n) is 5.63. The van der Waals surface area contributed by atoms with Gasteiger partial charge in [-0.05, 0) is 5.56 Å². The molecule has 0 radical (unpaired) electrons. The summed E-state index contributed by atoms with van der Waals surface area (Å²) >= 11 is 0. The van der Waals surface area contributed by atoms with Crippen LogP contribution in [0.25, 0.3) is 0 Å². The molecule has 0 aliphatic carbocycles. The lowest BCUT2D eigenvalue weighted by Gasteiger charge is -2.28. The van der Waals surface area contributed by atoms with Gasteiger partial charge < -0.3 is 15.0 Å². The molecule has 17 heavy (non-hydrogen) atoms. The predicted octanol–water partition coefficient (Wildman–Crippen LogP) is 1.74. The van der Waals surface area contributed by atoms with E-state index in [-0.39, 0.29) is 6.09 Å². The Balaban J connectivity index is 1.83. The van der Waals surface area contributed by atoms with E-state index in [0.717, 1.165) is 17.8 Å². The van der Waals surface area contributed by atoms with E-state index in [9.17, 15) is 4.79 Å². The Bertz CT molecular complexity index is 403. The van der Waals surface area contributed by atoms with E-state index in [1.807, 2.05) is 30.3 Å². The second-order valence-corrected chi connectivity index (χ2v) is 3.99. The highest BCUT2D eigenvalue weighted by Crippen LogP contribution is 2.06. The number of hydrogen-bond donors (Lipinski definition) is 1. The van der Waals surface area contributed by atoms with Gasteiger partial charge in [-0.1, -0.05) is 36.9 Å². The molecule has 1 N–H and O–H groups in total. The fourth-order valence-electron chi connectivity index (χ4n) is 1.70. The van der Waals surface area contributed by atoms with Gasteiger partial charge in [0.25, 0.3) is 0 Å². The molecule has 0 unspecified atom stereocenters. The van der Waals surface area contributed by atoms with Gasteiger partial charge in [0.05, 0.1) is 6.54 Å². The topological polar surface area (TPSA) is 41.6 Å². The Hall–Kier alpha value is -1.97. The molecule has 1 aromatic carbocycles. The van der Waals surface area contributed by atoms with Crippen LogP contribution >= 0.6 is 0 Å². The Morgan fingerprint density at radius 2 is 2.18 bits per heavy atom. The van der Waals surface area contributed by atoms with Gasteiger partial charge in [-0.15, -0.1) is 0 Å². The second kappa shape index (κ2) is 5.39. The number of nitrogens with one attached hydrogen (secondary N) is 1. The van der Waals surface area contributed by atoms with Gasteiger partial charge >= 0.3 is 6.09 Å². The lowest BCUT2D eigenvalue weighted by molar-refractivity contribution is 0.0958. The SMILES string of the molecule is C=C1CN(C(=O)OCc2ccccc2)CCN1. The molecule has 4 nitrogen and oxygen atoms in total. The number of hydrogen-bond acceptors (Lipinski definition) is 3. The number of ether oxygens (including phenoxy) is 1. The molecule has 1 aromatic rings. The smallest absolute Gasteiger partial charge is 0.410 e. The van der Waals surface area contributed by atoms with Gasteiger partial charge in [-0.3, -0.25) is 0 Å². The van der Waals surface area contributed by atoms with Crippen molar-refractivity contribution in [3.05, 3.63) is 48.2 Å². The van der Waals surface area contributed by atoms with E-state index in [1.54, 1.807) is 4.90 Å². The molecule has 1 amide bonds. The van der Waals surface area contributed by atoms with Crippen molar-refractivity contribution in [2.45, 2.75) is 6.61 Å². The third-order valence-electron chi connectivity index (χ3n) is 2.60. The fraction of sp³-hybridized carbons (Fsp3) is 0.308. The van der Waals surface area contributed by atoms with Crippen LogP contribution in [-0.4, -0.2) is 30.6 Å². The molecule has 0 aromatic heterocycles. The fourth-order valence-corrected chi connectivity index (χ4v) is 1.70. The molecule has 1 saturated heterocycles. The highest BCUT2D eigenvalue weighted by Gasteiger charge is 2.19. The molecule has 1 heterocycles. The van der Waals surface area contributed by atoms with E-state index in [4.69, 9.17) is 4.74 Å². The predicted molar refractivity (Wildman–Crippen MR) is 65.3 cm³/mol. The molecule has 0 bridgehead atoms. The third-order valence-corrected chi connectivity index (χ3v) is 2.60.